The van der Waals surface area contributed by atoms with Gasteiger partial charge in [0.2, 0.25) is 0 Å². The summed E-state index contributed by atoms with van der Waals surface area (Å²) in [7, 11) is 0. The first-order valence-electron chi connectivity index (χ1n) is 8.49. The largest absolute Gasteiger partial charge is 0.490 e. The van der Waals surface area contributed by atoms with Crippen LogP contribution in [0, 0.1) is 0 Å². The lowest BCUT2D eigenvalue weighted by molar-refractivity contribution is 0.0413. The van der Waals surface area contributed by atoms with E-state index in [2.05, 4.69) is 21.7 Å². The molecule has 1 N–H and O–H groups in total. The van der Waals surface area contributed by atoms with Crippen molar-refractivity contribution in [3.63, 3.8) is 0 Å². The number of anilines is 1. The summed E-state index contributed by atoms with van der Waals surface area (Å²) >= 11 is 2.02. The Bertz CT molecular complexity index is 685. The average molecular weight is 346 g/mol. The predicted molar refractivity (Wildman–Crippen MR) is 95.7 cm³/mol. The van der Waals surface area contributed by atoms with Crippen LogP contribution < -0.4 is 10.1 Å². The number of fused-ring (bicyclic) bond motifs is 1. The SMILES string of the molecule is c1cc2c(cc1-c1cn(CCOC3CCSCC3)nn1)NCCO2. The zero-order valence-electron chi connectivity index (χ0n) is 13.6. The number of hydrogen-bond donors (Lipinski definition) is 1. The standard InChI is InChI=1S/C17H22N4O2S/c1-2-17-15(18-5-7-23-17)11-13(1)16-12-21(20-19-16)6-8-22-14-3-9-24-10-4-14/h1-2,11-12,14,18H,3-10H2. The topological polar surface area (TPSA) is 61.2 Å². The summed E-state index contributed by atoms with van der Waals surface area (Å²) < 4.78 is 13.4. The van der Waals surface area contributed by atoms with E-state index in [-0.39, 0.29) is 0 Å². The third kappa shape index (κ3) is 3.67. The van der Waals surface area contributed by atoms with Crippen LogP contribution in [-0.4, -0.2) is 52.4 Å². The second-order valence-electron chi connectivity index (χ2n) is 6.04. The Kier molecular flexibility index (Phi) is 4.89. The first kappa shape index (κ1) is 15.8. The van der Waals surface area contributed by atoms with Gasteiger partial charge in [0.1, 0.15) is 18.1 Å². The summed E-state index contributed by atoms with van der Waals surface area (Å²) in [5.74, 6) is 3.33. The quantitative estimate of drug-likeness (QED) is 0.898. The first-order chi connectivity index (χ1) is 11.9. The summed E-state index contributed by atoms with van der Waals surface area (Å²) in [5.41, 5.74) is 2.94. The zero-order valence-corrected chi connectivity index (χ0v) is 14.4. The maximum Gasteiger partial charge on any atom is 0.142 e. The molecule has 1 fully saturated rings. The molecule has 0 saturated carbocycles. The van der Waals surface area contributed by atoms with Crippen molar-refractivity contribution in [2.24, 2.45) is 0 Å². The van der Waals surface area contributed by atoms with Crippen LogP contribution in [0.5, 0.6) is 5.75 Å². The van der Waals surface area contributed by atoms with Crippen LogP contribution >= 0.6 is 11.8 Å². The lowest BCUT2D eigenvalue weighted by Gasteiger charge is -2.21. The van der Waals surface area contributed by atoms with Crippen LogP contribution in [0.15, 0.2) is 24.4 Å². The van der Waals surface area contributed by atoms with Gasteiger partial charge in [-0.3, -0.25) is 0 Å². The molecule has 0 unspecified atom stereocenters. The average Bonchev–Trinajstić information content (AvgIpc) is 3.11. The normalized spacial score (nSPS) is 17.8. The van der Waals surface area contributed by atoms with Gasteiger partial charge in [-0.05, 0) is 42.5 Å². The van der Waals surface area contributed by atoms with Crippen molar-refractivity contribution < 1.29 is 9.47 Å². The minimum atomic E-state index is 0.418. The van der Waals surface area contributed by atoms with Crippen molar-refractivity contribution in [3.8, 4) is 17.0 Å². The van der Waals surface area contributed by atoms with Crippen molar-refractivity contribution in [3.05, 3.63) is 24.4 Å². The van der Waals surface area contributed by atoms with Crippen molar-refractivity contribution in [1.29, 1.82) is 0 Å². The van der Waals surface area contributed by atoms with Gasteiger partial charge in [-0.25, -0.2) is 4.68 Å². The molecule has 24 heavy (non-hydrogen) atoms. The van der Waals surface area contributed by atoms with Gasteiger partial charge in [0, 0.05) is 12.1 Å². The third-order valence-electron chi connectivity index (χ3n) is 4.33. The van der Waals surface area contributed by atoms with Crippen LogP contribution in [0.3, 0.4) is 0 Å². The molecule has 1 aromatic heterocycles. The first-order valence-corrected chi connectivity index (χ1v) is 9.64. The summed E-state index contributed by atoms with van der Waals surface area (Å²) in [6, 6.07) is 6.08. The van der Waals surface area contributed by atoms with E-state index in [0.29, 0.717) is 19.3 Å². The summed E-state index contributed by atoms with van der Waals surface area (Å²) in [5, 5.41) is 11.9. The molecular weight excluding hydrogens is 324 g/mol. The van der Waals surface area contributed by atoms with E-state index >= 15 is 0 Å². The second-order valence-corrected chi connectivity index (χ2v) is 7.26. The molecule has 0 spiro atoms. The number of hydrogen-bond acceptors (Lipinski definition) is 6. The highest BCUT2D eigenvalue weighted by Crippen LogP contribution is 2.31. The van der Waals surface area contributed by atoms with Crippen molar-refractivity contribution >= 4 is 17.4 Å². The molecule has 0 radical (unpaired) electrons. The smallest absolute Gasteiger partial charge is 0.142 e. The van der Waals surface area contributed by atoms with Crippen molar-refractivity contribution in [1.82, 2.24) is 15.0 Å². The van der Waals surface area contributed by atoms with Crippen LogP contribution in [0.2, 0.25) is 0 Å². The Morgan fingerprint density at radius 2 is 2.25 bits per heavy atom. The van der Waals surface area contributed by atoms with Gasteiger partial charge in [-0.1, -0.05) is 5.21 Å². The minimum Gasteiger partial charge on any atom is -0.490 e. The number of aromatic nitrogens is 3. The lowest BCUT2D eigenvalue weighted by Crippen LogP contribution is -2.21. The van der Waals surface area contributed by atoms with Crippen molar-refractivity contribution in [2.75, 3.05) is 36.6 Å². The van der Waals surface area contributed by atoms with E-state index in [1.807, 2.05) is 34.8 Å². The van der Waals surface area contributed by atoms with Crippen LogP contribution in [0.25, 0.3) is 11.3 Å². The van der Waals surface area contributed by atoms with Crippen LogP contribution in [0.4, 0.5) is 5.69 Å². The highest BCUT2D eigenvalue weighted by atomic mass is 32.2. The fraction of sp³-hybridized carbons (Fsp3) is 0.529. The number of thioether (sulfide) groups is 1. The monoisotopic (exact) mass is 346 g/mol. The van der Waals surface area contributed by atoms with E-state index in [1.54, 1.807) is 0 Å². The van der Waals surface area contributed by atoms with Crippen LogP contribution in [-0.2, 0) is 11.3 Å². The molecule has 2 aromatic rings. The van der Waals surface area contributed by atoms with Gasteiger partial charge in [0.05, 0.1) is 31.1 Å². The Balaban J connectivity index is 1.36. The van der Waals surface area contributed by atoms with Crippen molar-refractivity contribution in [2.45, 2.75) is 25.5 Å². The number of rotatable bonds is 5. The molecule has 0 aliphatic carbocycles. The number of nitrogens with one attached hydrogen (secondary N) is 1. The van der Waals surface area contributed by atoms with E-state index in [1.165, 1.54) is 11.5 Å². The maximum atomic E-state index is 5.95. The molecule has 2 aliphatic rings. The highest BCUT2D eigenvalue weighted by Gasteiger charge is 2.14. The Morgan fingerprint density at radius 3 is 3.17 bits per heavy atom. The van der Waals surface area contributed by atoms with Gasteiger partial charge in [-0.15, -0.1) is 5.10 Å². The minimum absolute atomic E-state index is 0.418. The fourth-order valence-electron chi connectivity index (χ4n) is 3.00. The lowest BCUT2D eigenvalue weighted by atomic mass is 10.1. The Morgan fingerprint density at radius 1 is 1.33 bits per heavy atom. The van der Waals surface area contributed by atoms with E-state index < -0.39 is 0 Å². The summed E-state index contributed by atoms with van der Waals surface area (Å²) in [6.45, 7) is 2.98. The molecule has 3 heterocycles. The van der Waals surface area contributed by atoms with Crippen LogP contribution in [0.1, 0.15) is 12.8 Å². The molecule has 2 aliphatic heterocycles. The highest BCUT2D eigenvalue weighted by molar-refractivity contribution is 7.99. The number of nitrogens with zero attached hydrogens (tertiary/aromatic N) is 3. The molecule has 1 saturated heterocycles. The second kappa shape index (κ2) is 7.44. The molecule has 1 aromatic carbocycles. The van der Waals surface area contributed by atoms with E-state index in [9.17, 15) is 0 Å². The molecule has 0 amide bonds. The maximum absolute atomic E-state index is 5.95. The Labute approximate surface area is 145 Å². The number of ether oxygens (including phenoxy) is 2. The summed E-state index contributed by atoms with van der Waals surface area (Å²) in [4.78, 5) is 0. The van der Waals surface area contributed by atoms with Gasteiger partial charge in [-0.2, -0.15) is 11.8 Å². The molecule has 7 heteroatoms. The summed E-state index contributed by atoms with van der Waals surface area (Å²) in [6.07, 6.45) is 4.72. The molecule has 6 nitrogen and oxygen atoms in total. The molecule has 0 atom stereocenters. The molecule has 4 rings (SSSR count). The predicted octanol–water partition coefficient (Wildman–Crippen LogP) is 2.66. The van der Waals surface area contributed by atoms with Gasteiger partial charge in [0.15, 0.2) is 0 Å². The molecular formula is C17H22N4O2S. The number of benzene rings is 1. The van der Waals surface area contributed by atoms with E-state index in [4.69, 9.17) is 9.47 Å². The molecule has 128 valence electrons. The van der Waals surface area contributed by atoms with Gasteiger partial charge in [0.25, 0.3) is 0 Å². The van der Waals surface area contributed by atoms with Gasteiger partial charge < -0.3 is 14.8 Å². The third-order valence-corrected chi connectivity index (χ3v) is 5.38. The fourth-order valence-corrected chi connectivity index (χ4v) is 4.06. The van der Waals surface area contributed by atoms with Gasteiger partial charge >= 0.3 is 0 Å². The zero-order chi connectivity index (χ0) is 16.2. The van der Waals surface area contributed by atoms with E-state index in [0.717, 1.165) is 48.6 Å². The molecule has 0 bridgehead atoms. The Hall–Kier alpha value is -1.73.